The van der Waals surface area contributed by atoms with E-state index in [0.29, 0.717) is 56.0 Å². The molecule has 8 nitrogen and oxygen atoms in total. The van der Waals surface area contributed by atoms with Crippen molar-refractivity contribution in [2.45, 2.75) is 13.5 Å². The molecular weight excluding hydrogens is 596 g/mol. The second-order valence-electron chi connectivity index (χ2n) is 9.27. The standard InChI is InChI=1S/C33H23BrN4O4/c1-2-40-29-16-24(26(34)17-30(29)41-20-23-11-4-3-10-22(23)18-35)19-36-38-32(31-15-21-9-5-8-14-28(21)42-31)37-27-13-7-6-12-25(27)33(38)39/h3-17,19H,2,20H2,1H3. The van der Waals surface area contributed by atoms with Crippen molar-refractivity contribution in [1.29, 1.82) is 5.26 Å². The Bertz CT molecular complexity index is 2040. The number of nitrogens with zero attached hydrogens (tertiary/aromatic N) is 4. The van der Waals surface area contributed by atoms with Gasteiger partial charge in [-0.1, -0.05) is 48.5 Å². The third-order valence-corrected chi connectivity index (χ3v) is 7.28. The maximum Gasteiger partial charge on any atom is 0.282 e. The van der Waals surface area contributed by atoms with Crippen LogP contribution >= 0.6 is 15.9 Å². The number of para-hydroxylation sites is 2. The van der Waals surface area contributed by atoms with Crippen molar-refractivity contribution in [3.8, 4) is 29.2 Å². The van der Waals surface area contributed by atoms with Crippen molar-refractivity contribution in [2.24, 2.45) is 5.10 Å². The predicted octanol–water partition coefficient (Wildman–Crippen LogP) is 7.30. The van der Waals surface area contributed by atoms with E-state index in [0.717, 1.165) is 10.9 Å². The van der Waals surface area contributed by atoms with Crippen LogP contribution < -0.4 is 15.0 Å². The van der Waals surface area contributed by atoms with Crippen molar-refractivity contribution in [2.75, 3.05) is 6.61 Å². The minimum Gasteiger partial charge on any atom is -0.490 e. The van der Waals surface area contributed by atoms with E-state index in [2.05, 4.69) is 27.1 Å². The van der Waals surface area contributed by atoms with Crippen molar-refractivity contribution in [1.82, 2.24) is 9.66 Å². The summed E-state index contributed by atoms with van der Waals surface area (Å²) in [6, 6.07) is 29.6. The van der Waals surface area contributed by atoms with Gasteiger partial charge < -0.3 is 13.9 Å². The highest BCUT2D eigenvalue weighted by atomic mass is 79.9. The van der Waals surface area contributed by atoms with Gasteiger partial charge in [-0.2, -0.15) is 15.0 Å². The summed E-state index contributed by atoms with van der Waals surface area (Å²) in [7, 11) is 0. The van der Waals surface area contributed by atoms with Gasteiger partial charge in [0.1, 0.15) is 12.2 Å². The Kier molecular flexibility index (Phi) is 7.54. The molecule has 0 saturated carbocycles. The van der Waals surface area contributed by atoms with Crippen molar-refractivity contribution < 1.29 is 13.9 Å². The smallest absolute Gasteiger partial charge is 0.282 e. The van der Waals surface area contributed by atoms with Crippen LogP contribution in [-0.4, -0.2) is 22.5 Å². The molecule has 0 bridgehead atoms. The Morgan fingerprint density at radius 2 is 1.76 bits per heavy atom. The highest BCUT2D eigenvalue weighted by Gasteiger charge is 2.17. The zero-order valence-corrected chi connectivity index (χ0v) is 24.0. The maximum atomic E-state index is 13.6. The van der Waals surface area contributed by atoms with E-state index in [4.69, 9.17) is 18.9 Å². The van der Waals surface area contributed by atoms with E-state index in [-0.39, 0.29) is 18.0 Å². The number of halogens is 1. The van der Waals surface area contributed by atoms with Gasteiger partial charge in [0.25, 0.3) is 5.56 Å². The molecule has 0 atom stereocenters. The number of aromatic nitrogens is 2. The van der Waals surface area contributed by atoms with Gasteiger partial charge in [0, 0.05) is 21.0 Å². The van der Waals surface area contributed by atoms with Gasteiger partial charge in [-0.05, 0) is 65.3 Å². The lowest BCUT2D eigenvalue weighted by molar-refractivity contribution is 0.269. The first-order chi connectivity index (χ1) is 20.6. The molecule has 0 aliphatic heterocycles. The second-order valence-corrected chi connectivity index (χ2v) is 10.1. The molecule has 9 heteroatoms. The molecule has 0 radical (unpaired) electrons. The van der Waals surface area contributed by atoms with Gasteiger partial charge in [-0.25, -0.2) is 4.98 Å². The number of benzene rings is 4. The Balaban J connectivity index is 1.40. The van der Waals surface area contributed by atoms with E-state index in [1.54, 1.807) is 42.6 Å². The van der Waals surface area contributed by atoms with Gasteiger partial charge in [0.2, 0.25) is 5.82 Å². The van der Waals surface area contributed by atoms with Crippen molar-refractivity contribution >= 4 is 44.0 Å². The summed E-state index contributed by atoms with van der Waals surface area (Å²) in [5.74, 6) is 1.70. The first-order valence-electron chi connectivity index (χ1n) is 13.2. The number of fused-ring (bicyclic) bond motifs is 2. The molecule has 206 valence electrons. The molecule has 0 N–H and O–H groups in total. The molecule has 0 amide bonds. The molecule has 0 saturated heterocycles. The normalized spacial score (nSPS) is 11.3. The van der Waals surface area contributed by atoms with Gasteiger partial charge in [0.15, 0.2) is 17.3 Å². The van der Waals surface area contributed by atoms with E-state index >= 15 is 0 Å². The number of hydrogen-bond donors (Lipinski definition) is 0. The summed E-state index contributed by atoms with van der Waals surface area (Å²) in [5.41, 5.74) is 2.87. The Hall–Kier alpha value is -5.20. The SMILES string of the molecule is CCOc1cc(C=Nn2c(-c3cc4ccccc4o3)nc3ccccc3c2=O)c(Br)cc1OCc1ccccc1C#N. The third kappa shape index (κ3) is 5.28. The lowest BCUT2D eigenvalue weighted by Crippen LogP contribution is -2.20. The van der Waals surface area contributed by atoms with Crippen LogP contribution in [0.2, 0.25) is 0 Å². The summed E-state index contributed by atoms with van der Waals surface area (Å²) in [5, 5.41) is 15.3. The molecule has 0 aliphatic rings. The molecule has 0 unspecified atom stereocenters. The first-order valence-corrected chi connectivity index (χ1v) is 14.0. The number of nitriles is 1. The summed E-state index contributed by atoms with van der Waals surface area (Å²) in [4.78, 5) is 18.4. The quantitative estimate of drug-likeness (QED) is 0.166. The van der Waals surface area contributed by atoms with Crippen LogP contribution in [0.5, 0.6) is 11.5 Å². The molecule has 0 spiro atoms. The van der Waals surface area contributed by atoms with Crippen LogP contribution in [0, 0.1) is 11.3 Å². The highest BCUT2D eigenvalue weighted by molar-refractivity contribution is 9.10. The summed E-state index contributed by atoms with van der Waals surface area (Å²) in [6.07, 6.45) is 1.56. The summed E-state index contributed by atoms with van der Waals surface area (Å²) >= 11 is 3.60. The monoisotopic (exact) mass is 618 g/mol. The second kappa shape index (κ2) is 11.7. The topological polar surface area (TPSA) is 103 Å². The minimum absolute atomic E-state index is 0.197. The Morgan fingerprint density at radius 3 is 2.60 bits per heavy atom. The molecule has 42 heavy (non-hydrogen) atoms. The van der Waals surface area contributed by atoms with Crippen LogP contribution in [0.4, 0.5) is 0 Å². The molecule has 0 aliphatic carbocycles. The Morgan fingerprint density at radius 1 is 1.00 bits per heavy atom. The lowest BCUT2D eigenvalue weighted by atomic mass is 10.1. The van der Waals surface area contributed by atoms with E-state index in [1.165, 1.54) is 4.68 Å². The third-order valence-electron chi connectivity index (χ3n) is 6.60. The fourth-order valence-electron chi connectivity index (χ4n) is 4.54. The molecule has 6 rings (SSSR count). The van der Waals surface area contributed by atoms with Crippen LogP contribution in [0.25, 0.3) is 33.5 Å². The van der Waals surface area contributed by atoms with Crippen molar-refractivity contribution in [3.05, 3.63) is 123 Å². The maximum absolute atomic E-state index is 13.6. The van der Waals surface area contributed by atoms with Crippen LogP contribution in [0.3, 0.4) is 0 Å². The zero-order chi connectivity index (χ0) is 29.1. The van der Waals surface area contributed by atoms with Gasteiger partial charge in [-0.15, -0.1) is 0 Å². The Labute approximate surface area is 249 Å². The minimum atomic E-state index is -0.329. The largest absolute Gasteiger partial charge is 0.490 e. The van der Waals surface area contributed by atoms with Gasteiger partial charge in [-0.3, -0.25) is 4.79 Å². The molecule has 2 heterocycles. The van der Waals surface area contributed by atoms with Gasteiger partial charge >= 0.3 is 0 Å². The average molecular weight is 619 g/mol. The highest BCUT2D eigenvalue weighted by Crippen LogP contribution is 2.34. The van der Waals surface area contributed by atoms with Crippen LogP contribution in [0.1, 0.15) is 23.6 Å². The fraction of sp³-hybridized carbons (Fsp3) is 0.0909. The zero-order valence-electron chi connectivity index (χ0n) is 22.5. The van der Waals surface area contributed by atoms with Crippen LogP contribution in [0.15, 0.2) is 110 Å². The van der Waals surface area contributed by atoms with Crippen molar-refractivity contribution in [3.63, 3.8) is 0 Å². The van der Waals surface area contributed by atoms with E-state index in [1.807, 2.05) is 61.5 Å². The number of ether oxygens (including phenoxy) is 2. The van der Waals surface area contributed by atoms with Crippen LogP contribution in [-0.2, 0) is 6.61 Å². The number of rotatable bonds is 8. The van der Waals surface area contributed by atoms with E-state index < -0.39 is 0 Å². The average Bonchev–Trinajstić information content (AvgIpc) is 3.45. The molecule has 6 aromatic rings. The molecule has 4 aromatic carbocycles. The number of furan rings is 1. The van der Waals surface area contributed by atoms with Gasteiger partial charge in [0.05, 0.1) is 35.4 Å². The molecule has 0 fully saturated rings. The van der Waals surface area contributed by atoms with E-state index in [9.17, 15) is 10.1 Å². The molecular formula is C33H23BrN4O4. The lowest BCUT2D eigenvalue weighted by Gasteiger charge is -2.14. The fourth-order valence-corrected chi connectivity index (χ4v) is 4.97. The molecule has 2 aromatic heterocycles. The number of hydrogen-bond acceptors (Lipinski definition) is 7. The predicted molar refractivity (Wildman–Crippen MR) is 165 cm³/mol. The first kappa shape index (κ1) is 27.0. The summed E-state index contributed by atoms with van der Waals surface area (Å²) < 4.78 is 19.9. The summed E-state index contributed by atoms with van der Waals surface area (Å²) in [6.45, 7) is 2.49.